The molecule has 0 aliphatic rings. The van der Waals surface area contributed by atoms with E-state index < -0.39 is 0 Å². The van der Waals surface area contributed by atoms with Gasteiger partial charge < -0.3 is 9.80 Å². The van der Waals surface area contributed by atoms with Gasteiger partial charge >= 0.3 is 0 Å². The van der Waals surface area contributed by atoms with Gasteiger partial charge in [0, 0.05) is 0 Å². The first-order valence-electron chi connectivity index (χ1n) is 7.85. The number of hydrogen-bond donors (Lipinski definition) is 0. The molecular formula is C17H38N2. The Labute approximate surface area is 122 Å². The summed E-state index contributed by atoms with van der Waals surface area (Å²) in [6, 6.07) is 0. The van der Waals surface area contributed by atoms with Crippen molar-refractivity contribution in [2.45, 2.75) is 60.3 Å². The molecule has 2 nitrogen and oxygen atoms in total. The lowest BCUT2D eigenvalue weighted by Gasteiger charge is -2.29. The molecule has 116 valence electrons. The Balaban J connectivity index is 3.83. The molecule has 0 rings (SSSR count). The van der Waals surface area contributed by atoms with Crippen LogP contribution in [0.2, 0.25) is 0 Å². The Kier molecular flexibility index (Phi) is 8.23. The lowest BCUT2D eigenvalue weighted by Crippen LogP contribution is -2.28. The SMILES string of the molecule is CN(C)CCCC(C)(C)CCN(C)CCC(C)(C)C. The molecule has 0 unspecified atom stereocenters. The largest absolute Gasteiger partial charge is 0.309 e. The number of hydrogen-bond acceptors (Lipinski definition) is 2. The van der Waals surface area contributed by atoms with Crippen molar-refractivity contribution in [3.05, 3.63) is 0 Å². The highest BCUT2D eigenvalue weighted by atomic mass is 15.1. The topological polar surface area (TPSA) is 6.48 Å². The van der Waals surface area contributed by atoms with E-state index in [2.05, 4.69) is 65.6 Å². The Hall–Kier alpha value is -0.0800. The second-order valence-electron chi connectivity index (χ2n) is 8.43. The molecule has 0 aliphatic heterocycles. The van der Waals surface area contributed by atoms with Crippen LogP contribution >= 0.6 is 0 Å². The third-order valence-electron chi connectivity index (χ3n) is 3.87. The molecule has 0 spiro atoms. The van der Waals surface area contributed by atoms with Crippen LogP contribution in [0.3, 0.4) is 0 Å². The molecule has 2 heteroatoms. The van der Waals surface area contributed by atoms with Crippen molar-refractivity contribution < 1.29 is 0 Å². The van der Waals surface area contributed by atoms with Crippen LogP contribution in [0.5, 0.6) is 0 Å². The van der Waals surface area contributed by atoms with Crippen molar-refractivity contribution in [3.8, 4) is 0 Å². The van der Waals surface area contributed by atoms with Gasteiger partial charge in [-0.3, -0.25) is 0 Å². The van der Waals surface area contributed by atoms with Gasteiger partial charge in [0.05, 0.1) is 0 Å². The lowest BCUT2D eigenvalue weighted by atomic mass is 9.84. The van der Waals surface area contributed by atoms with Crippen molar-refractivity contribution >= 4 is 0 Å². The van der Waals surface area contributed by atoms with Crippen LogP contribution in [0.25, 0.3) is 0 Å². The maximum Gasteiger partial charge on any atom is -0.00167 e. The van der Waals surface area contributed by atoms with Crippen LogP contribution in [-0.4, -0.2) is 50.6 Å². The van der Waals surface area contributed by atoms with Gasteiger partial charge in [-0.15, -0.1) is 0 Å². The van der Waals surface area contributed by atoms with Crippen LogP contribution < -0.4 is 0 Å². The minimum absolute atomic E-state index is 0.454. The molecule has 0 aliphatic carbocycles. The van der Waals surface area contributed by atoms with Crippen LogP contribution in [0.4, 0.5) is 0 Å². The minimum atomic E-state index is 0.454. The van der Waals surface area contributed by atoms with Gasteiger partial charge in [0.25, 0.3) is 0 Å². The average Bonchev–Trinajstić information content (AvgIpc) is 2.22. The van der Waals surface area contributed by atoms with Crippen molar-refractivity contribution in [1.29, 1.82) is 0 Å². The van der Waals surface area contributed by atoms with Crippen LogP contribution in [-0.2, 0) is 0 Å². The maximum absolute atomic E-state index is 2.50. The monoisotopic (exact) mass is 270 g/mol. The normalized spacial score (nSPS) is 13.6. The van der Waals surface area contributed by atoms with E-state index >= 15 is 0 Å². The summed E-state index contributed by atoms with van der Waals surface area (Å²) in [5.41, 5.74) is 0.932. The van der Waals surface area contributed by atoms with E-state index in [1.165, 1.54) is 45.3 Å². The molecule has 0 fully saturated rings. The second kappa shape index (κ2) is 8.26. The first-order chi connectivity index (χ1) is 8.52. The third kappa shape index (κ3) is 12.7. The summed E-state index contributed by atoms with van der Waals surface area (Å²) in [5.74, 6) is 0. The maximum atomic E-state index is 2.50. The summed E-state index contributed by atoms with van der Waals surface area (Å²) < 4.78 is 0. The number of rotatable bonds is 9. The molecule has 0 aromatic rings. The van der Waals surface area contributed by atoms with Gasteiger partial charge in [0.2, 0.25) is 0 Å². The van der Waals surface area contributed by atoms with E-state index in [9.17, 15) is 0 Å². The molecule has 0 atom stereocenters. The molecule has 0 radical (unpaired) electrons. The van der Waals surface area contributed by atoms with E-state index in [0.717, 1.165) is 0 Å². The summed E-state index contributed by atoms with van der Waals surface area (Å²) in [6.45, 7) is 15.5. The minimum Gasteiger partial charge on any atom is -0.309 e. The highest BCUT2D eigenvalue weighted by Crippen LogP contribution is 2.27. The van der Waals surface area contributed by atoms with Gasteiger partial charge in [-0.2, -0.15) is 0 Å². The summed E-state index contributed by atoms with van der Waals surface area (Å²) in [6.07, 6.45) is 5.23. The van der Waals surface area contributed by atoms with Crippen LogP contribution in [0.1, 0.15) is 60.3 Å². The molecule has 0 amide bonds. The third-order valence-corrected chi connectivity index (χ3v) is 3.87. The zero-order valence-corrected chi connectivity index (χ0v) is 14.8. The molecular weight excluding hydrogens is 232 g/mol. The fourth-order valence-corrected chi connectivity index (χ4v) is 2.13. The molecule has 0 N–H and O–H groups in total. The van der Waals surface area contributed by atoms with Crippen molar-refractivity contribution in [2.24, 2.45) is 10.8 Å². The van der Waals surface area contributed by atoms with Gasteiger partial charge in [-0.1, -0.05) is 34.6 Å². The molecule has 0 aromatic carbocycles. The molecule has 0 saturated heterocycles. The van der Waals surface area contributed by atoms with Crippen LogP contribution in [0, 0.1) is 10.8 Å². The smallest absolute Gasteiger partial charge is 0.00167 e. The van der Waals surface area contributed by atoms with Gasteiger partial charge in [0.15, 0.2) is 0 Å². The van der Waals surface area contributed by atoms with E-state index in [1.54, 1.807) is 0 Å². The zero-order valence-electron chi connectivity index (χ0n) is 14.8. The highest BCUT2D eigenvalue weighted by Gasteiger charge is 2.18. The fourth-order valence-electron chi connectivity index (χ4n) is 2.13. The summed E-state index contributed by atoms with van der Waals surface area (Å²) >= 11 is 0. The van der Waals surface area contributed by atoms with Gasteiger partial charge in [-0.25, -0.2) is 0 Å². The van der Waals surface area contributed by atoms with E-state index in [4.69, 9.17) is 0 Å². The number of nitrogens with zero attached hydrogens (tertiary/aromatic N) is 2. The predicted octanol–water partition coefficient (Wildman–Crippen LogP) is 4.11. The van der Waals surface area contributed by atoms with E-state index in [1.807, 2.05) is 0 Å². The molecule has 0 aromatic heterocycles. The van der Waals surface area contributed by atoms with Crippen molar-refractivity contribution in [1.82, 2.24) is 9.80 Å². The Morgan fingerprint density at radius 2 is 1.21 bits per heavy atom. The first-order valence-corrected chi connectivity index (χ1v) is 7.85. The molecule has 19 heavy (non-hydrogen) atoms. The first kappa shape index (κ1) is 18.9. The summed E-state index contributed by atoms with van der Waals surface area (Å²) in [7, 11) is 6.59. The fraction of sp³-hybridized carbons (Fsp3) is 1.00. The Morgan fingerprint density at radius 1 is 0.684 bits per heavy atom. The van der Waals surface area contributed by atoms with Crippen molar-refractivity contribution in [3.63, 3.8) is 0 Å². The van der Waals surface area contributed by atoms with Crippen LogP contribution in [0.15, 0.2) is 0 Å². The summed E-state index contributed by atoms with van der Waals surface area (Å²) in [4.78, 5) is 4.78. The van der Waals surface area contributed by atoms with Crippen molar-refractivity contribution in [2.75, 3.05) is 40.8 Å². The quantitative estimate of drug-likeness (QED) is 0.622. The van der Waals surface area contributed by atoms with Gasteiger partial charge in [-0.05, 0) is 77.3 Å². The predicted molar refractivity (Wildman–Crippen MR) is 87.8 cm³/mol. The average molecular weight is 271 g/mol. The Bertz CT molecular complexity index is 226. The standard InChI is InChI=1S/C17H38N2/c1-16(2,3)11-14-19(8)15-12-17(4,5)10-9-13-18(6)7/h9-15H2,1-8H3. The van der Waals surface area contributed by atoms with E-state index in [-0.39, 0.29) is 0 Å². The molecule has 0 bridgehead atoms. The zero-order chi connectivity index (χ0) is 15.1. The molecule has 0 heterocycles. The van der Waals surface area contributed by atoms with Gasteiger partial charge in [0.1, 0.15) is 0 Å². The highest BCUT2D eigenvalue weighted by molar-refractivity contribution is 4.72. The molecule has 0 saturated carbocycles. The Morgan fingerprint density at radius 3 is 1.68 bits per heavy atom. The lowest BCUT2D eigenvalue weighted by molar-refractivity contribution is 0.207. The second-order valence-corrected chi connectivity index (χ2v) is 8.43. The summed E-state index contributed by atoms with van der Waals surface area (Å²) in [5, 5.41) is 0. The van der Waals surface area contributed by atoms with E-state index in [0.29, 0.717) is 10.8 Å².